The summed E-state index contributed by atoms with van der Waals surface area (Å²) in [5.74, 6) is 0.211. The number of rotatable bonds is 4. The Bertz CT molecular complexity index is 833. The van der Waals surface area contributed by atoms with Crippen LogP contribution in [0.5, 0.6) is 0 Å². The molecular weight excluding hydrogens is 338 g/mol. The van der Waals surface area contributed by atoms with Gasteiger partial charge in [-0.15, -0.1) is 0 Å². The van der Waals surface area contributed by atoms with Crippen molar-refractivity contribution in [3.63, 3.8) is 0 Å². The average molecular weight is 370 g/mol. The number of piperidine rings is 2. The molecule has 1 amide bonds. The van der Waals surface area contributed by atoms with E-state index in [1.165, 1.54) is 22.2 Å². The van der Waals surface area contributed by atoms with Crippen LogP contribution in [0.4, 0.5) is 0 Å². The molecular formula is C22H31N3O2. The standard InChI is InChI=1S/C22H31N3O2/c1-17-3-4-20-18(13-17)14-19(23(20)2)15-24-9-7-22(8-10-24)6-5-21(27)25(16-22)11-12-26/h3-4,13-14,26H,5-12,15-16H2,1-2H3. The van der Waals surface area contributed by atoms with E-state index in [1.807, 2.05) is 4.90 Å². The number of fused-ring (bicyclic) bond motifs is 1. The Morgan fingerprint density at radius 1 is 1.15 bits per heavy atom. The van der Waals surface area contributed by atoms with E-state index in [2.05, 4.69) is 47.7 Å². The number of hydrogen-bond donors (Lipinski definition) is 1. The predicted octanol–water partition coefficient (Wildman–Crippen LogP) is 2.68. The molecule has 2 aliphatic rings. The average Bonchev–Trinajstić information content (AvgIpc) is 2.95. The molecule has 1 aromatic carbocycles. The molecule has 5 heteroatoms. The second-order valence-corrected chi connectivity index (χ2v) is 8.57. The highest BCUT2D eigenvalue weighted by molar-refractivity contribution is 5.82. The van der Waals surface area contributed by atoms with E-state index in [1.54, 1.807) is 0 Å². The zero-order valence-corrected chi connectivity index (χ0v) is 16.6. The molecule has 2 saturated heterocycles. The number of hydrogen-bond acceptors (Lipinski definition) is 3. The fourth-order valence-corrected chi connectivity index (χ4v) is 4.93. The smallest absolute Gasteiger partial charge is 0.222 e. The molecule has 2 aromatic rings. The molecule has 146 valence electrons. The van der Waals surface area contributed by atoms with Crippen LogP contribution in [0.3, 0.4) is 0 Å². The van der Waals surface area contributed by atoms with Crippen molar-refractivity contribution < 1.29 is 9.90 Å². The number of aryl methyl sites for hydroxylation is 2. The minimum Gasteiger partial charge on any atom is -0.395 e. The van der Waals surface area contributed by atoms with Crippen LogP contribution in [0, 0.1) is 12.3 Å². The van der Waals surface area contributed by atoms with E-state index in [9.17, 15) is 9.90 Å². The number of β-amino-alcohol motifs (C(OH)–C–C–N with tert-alkyl or cyclic N) is 1. The first-order chi connectivity index (χ1) is 13.0. The van der Waals surface area contributed by atoms with Gasteiger partial charge in [-0.05, 0) is 62.9 Å². The van der Waals surface area contributed by atoms with Crippen LogP contribution in [0.2, 0.25) is 0 Å². The third-order valence-corrected chi connectivity index (χ3v) is 6.72. The number of aliphatic hydroxyl groups is 1. The predicted molar refractivity (Wildman–Crippen MR) is 107 cm³/mol. The molecule has 1 aromatic heterocycles. The zero-order chi connectivity index (χ0) is 19.0. The Hall–Kier alpha value is -1.85. The van der Waals surface area contributed by atoms with Crippen molar-refractivity contribution in [3.05, 3.63) is 35.5 Å². The van der Waals surface area contributed by atoms with Gasteiger partial charge in [-0.2, -0.15) is 0 Å². The Morgan fingerprint density at radius 3 is 2.67 bits per heavy atom. The lowest BCUT2D eigenvalue weighted by molar-refractivity contribution is -0.139. The van der Waals surface area contributed by atoms with Gasteiger partial charge in [0.1, 0.15) is 0 Å². The van der Waals surface area contributed by atoms with E-state index in [4.69, 9.17) is 0 Å². The highest BCUT2D eigenvalue weighted by Gasteiger charge is 2.40. The molecule has 3 heterocycles. The molecule has 0 radical (unpaired) electrons. The van der Waals surface area contributed by atoms with Gasteiger partial charge in [0.25, 0.3) is 0 Å². The summed E-state index contributed by atoms with van der Waals surface area (Å²) in [5.41, 5.74) is 4.23. The van der Waals surface area contributed by atoms with Crippen LogP contribution in [0.25, 0.3) is 10.9 Å². The summed E-state index contributed by atoms with van der Waals surface area (Å²) in [6.45, 7) is 6.68. The van der Waals surface area contributed by atoms with Gasteiger partial charge in [0.2, 0.25) is 5.91 Å². The minimum absolute atomic E-state index is 0.0640. The molecule has 2 aliphatic heterocycles. The van der Waals surface area contributed by atoms with Crippen molar-refractivity contribution in [2.75, 3.05) is 32.8 Å². The van der Waals surface area contributed by atoms with Crippen LogP contribution < -0.4 is 0 Å². The quantitative estimate of drug-likeness (QED) is 0.901. The number of carbonyl (C=O) groups excluding carboxylic acids is 1. The van der Waals surface area contributed by atoms with Crippen molar-refractivity contribution in [3.8, 4) is 0 Å². The topological polar surface area (TPSA) is 48.7 Å². The van der Waals surface area contributed by atoms with Crippen molar-refractivity contribution in [2.45, 2.75) is 39.2 Å². The van der Waals surface area contributed by atoms with Crippen LogP contribution >= 0.6 is 0 Å². The van der Waals surface area contributed by atoms with Gasteiger partial charge in [0.05, 0.1) is 6.61 Å². The summed E-state index contributed by atoms with van der Waals surface area (Å²) in [5, 5.41) is 10.6. The number of amides is 1. The van der Waals surface area contributed by atoms with Crippen molar-refractivity contribution in [2.24, 2.45) is 12.5 Å². The molecule has 1 N–H and O–H groups in total. The lowest BCUT2D eigenvalue weighted by Crippen LogP contribution is -2.51. The van der Waals surface area contributed by atoms with E-state index in [-0.39, 0.29) is 17.9 Å². The van der Waals surface area contributed by atoms with Gasteiger partial charge in [0, 0.05) is 49.7 Å². The van der Waals surface area contributed by atoms with E-state index in [0.717, 1.165) is 45.4 Å². The molecule has 1 spiro atoms. The maximum Gasteiger partial charge on any atom is 0.222 e. The summed E-state index contributed by atoms with van der Waals surface area (Å²) in [6.07, 6.45) is 3.94. The van der Waals surface area contributed by atoms with Crippen molar-refractivity contribution in [1.82, 2.24) is 14.4 Å². The monoisotopic (exact) mass is 369 g/mol. The van der Waals surface area contributed by atoms with Gasteiger partial charge < -0.3 is 14.6 Å². The van der Waals surface area contributed by atoms with Crippen LogP contribution in [0.15, 0.2) is 24.3 Å². The SMILES string of the molecule is Cc1ccc2c(c1)cc(CN1CCC3(CCC(=O)N(CCO)C3)CC1)n2C. The second-order valence-electron chi connectivity index (χ2n) is 8.57. The maximum absolute atomic E-state index is 12.1. The van der Waals surface area contributed by atoms with Gasteiger partial charge in [-0.1, -0.05) is 11.6 Å². The highest BCUT2D eigenvalue weighted by atomic mass is 16.3. The molecule has 0 aliphatic carbocycles. The Kier molecular flexibility index (Phi) is 4.99. The number of benzene rings is 1. The molecule has 5 nitrogen and oxygen atoms in total. The highest BCUT2D eigenvalue weighted by Crippen LogP contribution is 2.40. The first-order valence-electron chi connectivity index (χ1n) is 10.2. The molecule has 0 unspecified atom stereocenters. The number of nitrogens with zero attached hydrogens (tertiary/aromatic N) is 3. The lowest BCUT2D eigenvalue weighted by atomic mass is 9.72. The molecule has 27 heavy (non-hydrogen) atoms. The summed E-state index contributed by atoms with van der Waals surface area (Å²) < 4.78 is 2.32. The fraction of sp³-hybridized carbons (Fsp3) is 0.591. The number of carbonyl (C=O) groups is 1. The number of aliphatic hydroxyl groups excluding tert-OH is 1. The minimum atomic E-state index is 0.0640. The molecule has 0 atom stereocenters. The Morgan fingerprint density at radius 2 is 1.93 bits per heavy atom. The van der Waals surface area contributed by atoms with Crippen molar-refractivity contribution in [1.29, 1.82) is 0 Å². The first-order valence-corrected chi connectivity index (χ1v) is 10.2. The van der Waals surface area contributed by atoms with Gasteiger partial charge in [-0.3, -0.25) is 9.69 Å². The summed E-state index contributed by atoms with van der Waals surface area (Å²) >= 11 is 0. The number of likely N-dealkylation sites (tertiary alicyclic amines) is 2. The van der Waals surface area contributed by atoms with E-state index < -0.39 is 0 Å². The van der Waals surface area contributed by atoms with Crippen LogP contribution in [-0.4, -0.2) is 58.2 Å². The largest absolute Gasteiger partial charge is 0.395 e. The second kappa shape index (κ2) is 7.28. The summed E-state index contributed by atoms with van der Waals surface area (Å²) in [6, 6.07) is 8.99. The first kappa shape index (κ1) is 18.5. The molecule has 4 rings (SSSR count). The zero-order valence-electron chi connectivity index (χ0n) is 16.6. The third kappa shape index (κ3) is 3.63. The van der Waals surface area contributed by atoms with Gasteiger partial charge in [0.15, 0.2) is 0 Å². The number of aromatic nitrogens is 1. The van der Waals surface area contributed by atoms with Gasteiger partial charge in [-0.25, -0.2) is 0 Å². The van der Waals surface area contributed by atoms with Crippen LogP contribution in [-0.2, 0) is 18.4 Å². The lowest BCUT2D eigenvalue weighted by Gasteiger charge is -2.47. The van der Waals surface area contributed by atoms with E-state index >= 15 is 0 Å². The summed E-state index contributed by atoms with van der Waals surface area (Å²) in [4.78, 5) is 16.5. The van der Waals surface area contributed by atoms with Crippen LogP contribution in [0.1, 0.15) is 36.9 Å². The maximum atomic E-state index is 12.1. The van der Waals surface area contributed by atoms with E-state index in [0.29, 0.717) is 13.0 Å². The normalized spacial score (nSPS) is 20.7. The molecule has 0 saturated carbocycles. The molecule has 0 bridgehead atoms. The van der Waals surface area contributed by atoms with Crippen molar-refractivity contribution >= 4 is 16.8 Å². The molecule has 2 fully saturated rings. The Balaban J connectivity index is 1.41. The third-order valence-electron chi connectivity index (χ3n) is 6.72. The Labute approximate surface area is 161 Å². The van der Waals surface area contributed by atoms with Gasteiger partial charge >= 0.3 is 0 Å². The summed E-state index contributed by atoms with van der Waals surface area (Å²) in [7, 11) is 2.16. The fourth-order valence-electron chi connectivity index (χ4n) is 4.93.